The highest BCUT2D eigenvalue weighted by Gasteiger charge is 2.26. The van der Waals surface area contributed by atoms with Crippen molar-refractivity contribution in [2.24, 2.45) is 5.92 Å². The lowest BCUT2D eigenvalue weighted by Gasteiger charge is -2.36. The van der Waals surface area contributed by atoms with Crippen LogP contribution in [0.3, 0.4) is 0 Å². The number of hydrogen-bond acceptors (Lipinski definition) is 4. The molecule has 0 bridgehead atoms. The molecule has 18 heavy (non-hydrogen) atoms. The summed E-state index contributed by atoms with van der Waals surface area (Å²) in [5.74, 6) is 0.660. The summed E-state index contributed by atoms with van der Waals surface area (Å²) in [7, 11) is 3.66. The molecule has 0 spiro atoms. The number of nitrogens with one attached hydrogen (secondary N) is 1. The Morgan fingerprint density at radius 2 is 2.28 bits per heavy atom. The molecule has 1 rings (SSSR count). The van der Waals surface area contributed by atoms with Gasteiger partial charge in [0.2, 0.25) is 0 Å². The van der Waals surface area contributed by atoms with E-state index in [2.05, 4.69) is 23.2 Å². The first-order valence-electron chi connectivity index (χ1n) is 6.90. The lowest BCUT2D eigenvalue weighted by molar-refractivity contribution is -0.00550. The maximum absolute atomic E-state index is 9.09. The minimum atomic E-state index is -0.385. The van der Waals surface area contributed by atoms with Crippen molar-refractivity contribution in [3.05, 3.63) is 0 Å². The molecule has 3 unspecified atom stereocenters. The van der Waals surface area contributed by atoms with Crippen LogP contribution in [0.2, 0.25) is 0 Å². The molecule has 1 aliphatic rings. The summed E-state index contributed by atoms with van der Waals surface area (Å²) in [6, 6.07) is 2.34. The minimum absolute atomic E-state index is 0.366. The zero-order valence-electron chi connectivity index (χ0n) is 12.2. The van der Waals surface area contributed by atoms with Gasteiger partial charge in [-0.15, -0.1) is 0 Å². The van der Waals surface area contributed by atoms with Gasteiger partial charge >= 0.3 is 0 Å². The summed E-state index contributed by atoms with van der Waals surface area (Å²) in [6.07, 6.45) is 3.52. The molecule has 0 saturated carbocycles. The maximum atomic E-state index is 9.09. The normalized spacial score (nSPS) is 28.6. The van der Waals surface area contributed by atoms with Crippen molar-refractivity contribution in [3.63, 3.8) is 0 Å². The first-order chi connectivity index (χ1) is 8.54. The molecule has 1 fully saturated rings. The average molecular weight is 253 g/mol. The quantitative estimate of drug-likeness (QED) is 0.781. The van der Waals surface area contributed by atoms with Gasteiger partial charge in [0.15, 0.2) is 0 Å². The van der Waals surface area contributed by atoms with E-state index in [0.29, 0.717) is 12.0 Å². The number of rotatable bonds is 6. The van der Waals surface area contributed by atoms with Crippen molar-refractivity contribution in [1.82, 2.24) is 10.2 Å². The van der Waals surface area contributed by atoms with Crippen LogP contribution in [0.15, 0.2) is 0 Å². The Morgan fingerprint density at radius 3 is 2.83 bits per heavy atom. The van der Waals surface area contributed by atoms with Crippen LogP contribution in [-0.2, 0) is 4.74 Å². The molecule has 0 aliphatic carbocycles. The number of nitrogens with zero attached hydrogens (tertiary/aromatic N) is 2. The van der Waals surface area contributed by atoms with Crippen molar-refractivity contribution < 1.29 is 4.74 Å². The lowest BCUT2D eigenvalue weighted by Crippen LogP contribution is -2.45. The summed E-state index contributed by atoms with van der Waals surface area (Å²) < 4.78 is 5.52. The molecule has 4 heteroatoms. The van der Waals surface area contributed by atoms with Crippen LogP contribution in [0.5, 0.6) is 0 Å². The summed E-state index contributed by atoms with van der Waals surface area (Å²) in [5.41, 5.74) is -0.385. The van der Waals surface area contributed by atoms with Gasteiger partial charge in [-0.3, -0.25) is 0 Å². The fourth-order valence-corrected chi connectivity index (χ4v) is 2.50. The fraction of sp³-hybridized carbons (Fsp3) is 0.929. The van der Waals surface area contributed by atoms with Gasteiger partial charge in [-0.2, -0.15) is 5.26 Å². The zero-order valence-corrected chi connectivity index (χ0v) is 12.2. The summed E-state index contributed by atoms with van der Waals surface area (Å²) in [4.78, 5) is 2.46. The number of ether oxygens (including phenoxy) is 1. The molecule has 1 aliphatic heterocycles. The first kappa shape index (κ1) is 15.4. The predicted octanol–water partition coefficient (Wildman–Crippen LogP) is 1.63. The molecule has 1 saturated heterocycles. The average Bonchev–Trinajstić information content (AvgIpc) is 2.40. The van der Waals surface area contributed by atoms with E-state index in [4.69, 9.17) is 10.00 Å². The predicted molar refractivity (Wildman–Crippen MR) is 73.3 cm³/mol. The Morgan fingerprint density at radius 1 is 1.56 bits per heavy atom. The molecular formula is C14H27N3O. The van der Waals surface area contributed by atoms with E-state index in [9.17, 15) is 0 Å². The molecular weight excluding hydrogens is 226 g/mol. The van der Waals surface area contributed by atoms with Crippen LogP contribution < -0.4 is 5.32 Å². The van der Waals surface area contributed by atoms with Crippen LogP contribution in [0.4, 0.5) is 0 Å². The molecule has 0 aromatic heterocycles. The van der Waals surface area contributed by atoms with Gasteiger partial charge in [-0.05, 0) is 52.2 Å². The van der Waals surface area contributed by atoms with Gasteiger partial charge in [0, 0.05) is 13.7 Å². The topological polar surface area (TPSA) is 48.3 Å². The Labute approximate surface area is 111 Å². The van der Waals surface area contributed by atoms with E-state index in [1.165, 1.54) is 6.42 Å². The van der Waals surface area contributed by atoms with Crippen LogP contribution in [0.25, 0.3) is 0 Å². The van der Waals surface area contributed by atoms with E-state index in [-0.39, 0.29) is 5.54 Å². The van der Waals surface area contributed by atoms with Crippen LogP contribution in [0.1, 0.15) is 33.1 Å². The molecule has 0 amide bonds. The summed E-state index contributed by atoms with van der Waals surface area (Å²) in [5, 5.41) is 12.2. The third-order valence-electron chi connectivity index (χ3n) is 4.23. The SMILES string of the molecule is CNC(C)(C#N)CCCN1CCC(C)C(OC)C1. The van der Waals surface area contributed by atoms with Crippen LogP contribution >= 0.6 is 0 Å². The summed E-state index contributed by atoms with van der Waals surface area (Å²) >= 11 is 0. The number of hydrogen-bond donors (Lipinski definition) is 1. The molecule has 3 atom stereocenters. The number of methoxy groups -OCH3 is 1. The van der Waals surface area contributed by atoms with Gasteiger partial charge in [-0.1, -0.05) is 6.92 Å². The van der Waals surface area contributed by atoms with E-state index in [1.807, 2.05) is 14.0 Å². The fourth-order valence-electron chi connectivity index (χ4n) is 2.50. The number of piperidine rings is 1. The van der Waals surface area contributed by atoms with Crippen LogP contribution in [0, 0.1) is 17.2 Å². The van der Waals surface area contributed by atoms with Gasteiger partial charge in [0.25, 0.3) is 0 Å². The molecule has 104 valence electrons. The molecule has 1 N–H and O–H groups in total. The smallest absolute Gasteiger partial charge is 0.103 e. The maximum Gasteiger partial charge on any atom is 0.103 e. The molecule has 0 aromatic rings. The van der Waals surface area contributed by atoms with Crippen molar-refractivity contribution in [3.8, 4) is 6.07 Å². The number of likely N-dealkylation sites (tertiary alicyclic amines) is 1. The highest BCUT2D eigenvalue weighted by molar-refractivity contribution is 5.02. The Kier molecular flexibility index (Phi) is 6.07. The second kappa shape index (κ2) is 7.08. The first-order valence-corrected chi connectivity index (χ1v) is 6.90. The van der Waals surface area contributed by atoms with Crippen molar-refractivity contribution in [1.29, 1.82) is 5.26 Å². The molecule has 4 nitrogen and oxygen atoms in total. The van der Waals surface area contributed by atoms with Gasteiger partial charge in [0.1, 0.15) is 5.54 Å². The highest BCUT2D eigenvalue weighted by atomic mass is 16.5. The van der Waals surface area contributed by atoms with Gasteiger partial charge in [-0.25, -0.2) is 0 Å². The second-order valence-electron chi connectivity index (χ2n) is 5.64. The van der Waals surface area contributed by atoms with E-state index in [1.54, 1.807) is 7.11 Å². The second-order valence-corrected chi connectivity index (χ2v) is 5.64. The third kappa shape index (κ3) is 4.24. The van der Waals surface area contributed by atoms with Gasteiger partial charge < -0.3 is 15.0 Å². The highest BCUT2D eigenvalue weighted by Crippen LogP contribution is 2.20. The van der Waals surface area contributed by atoms with E-state index < -0.39 is 0 Å². The summed E-state index contributed by atoms with van der Waals surface area (Å²) in [6.45, 7) is 7.47. The molecule has 0 radical (unpaired) electrons. The Balaban J connectivity index is 2.30. The van der Waals surface area contributed by atoms with Crippen molar-refractivity contribution in [2.75, 3.05) is 33.8 Å². The van der Waals surface area contributed by atoms with E-state index in [0.717, 1.165) is 32.5 Å². The molecule has 1 heterocycles. The van der Waals surface area contributed by atoms with Crippen molar-refractivity contribution in [2.45, 2.75) is 44.8 Å². The molecule has 0 aromatic carbocycles. The third-order valence-corrected chi connectivity index (χ3v) is 4.23. The Hall–Kier alpha value is -0.630. The van der Waals surface area contributed by atoms with Crippen LogP contribution in [-0.4, -0.2) is 50.3 Å². The lowest BCUT2D eigenvalue weighted by atomic mass is 9.94. The largest absolute Gasteiger partial charge is 0.380 e. The number of nitriles is 1. The van der Waals surface area contributed by atoms with Gasteiger partial charge in [0.05, 0.1) is 12.2 Å². The standard InChI is InChI=1S/C14H27N3O/c1-12-6-9-17(10-13(12)18-4)8-5-7-14(2,11-15)16-3/h12-13,16H,5-10H2,1-4H3. The monoisotopic (exact) mass is 253 g/mol. The zero-order chi connectivity index (χ0) is 13.6. The minimum Gasteiger partial charge on any atom is -0.380 e. The van der Waals surface area contributed by atoms with Crippen molar-refractivity contribution >= 4 is 0 Å². The Bertz CT molecular complexity index is 289. The van der Waals surface area contributed by atoms with E-state index >= 15 is 0 Å².